The number of halogens is 4. The molecule has 0 aliphatic heterocycles. The van der Waals surface area contributed by atoms with E-state index in [4.69, 9.17) is 9.15 Å². The summed E-state index contributed by atoms with van der Waals surface area (Å²) in [5.41, 5.74) is -0.0996. The zero-order valence-electron chi connectivity index (χ0n) is 24.1. The summed E-state index contributed by atoms with van der Waals surface area (Å²) in [6.45, 7) is 1.64. The Kier molecular flexibility index (Phi) is 8.07. The van der Waals surface area contributed by atoms with Gasteiger partial charge in [-0.3, -0.25) is 9.59 Å². The number of methoxy groups -OCH3 is 1. The van der Waals surface area contributed by atoms with E-state index in [0.717, 1.165) is 12.8 Å². The zero-order valence-corrected chi connectivity index (χ0v) is 24.1. The second kappa shape index (κ2) is 11.6. The number of furan rings is 1. The molecule has 12 heteroatoms. The molecular weight excluding hydrogens is 580 g/mol. The maximum absolute atomic E-state index is 13.6. The lowest BCUT2D eigenvalue weighted by Gasteiger charge is -2.23. The third-order valence-corrected chi connectivity index (χ3v) is 7.72. The van der Waals surface area contributed by atoms with Crippen molar-refractivity contribution in [1.29, 1.82) is 5.26 Å². The highest BCUT2D eigenvalue weighted by Gasteiger charge is 2.43. The van der Waals surface area contributed by atoms with Crippen molar-refractivity contribution in [1.82, 2.24) is 15.6 Å². The zero-order chi connectivity index (χ0) is 31.8. The molecule has 2 aromatic heterocycles. The van der Waals surface area contributed by atoms with Crippen LogP contribution in [0.25, 0.3) is 33.6 Å². The van der Waals surface area contributed by atoms with Gasteiger partial charge < -0.3 is 19.8 Å². The Bertz CT molecular complexity index is 1790. The number of aryl methyl sites for hydroxylation is 1. The smallest absolute Gasteiger partial charge is 0.389 e. The summed E-state index contributed by atoms with van der Waals surface area (Å²) >= 11 is 0. The molecule has 2 amide bonds. The number of amides is 2. The molecule has 0 saturated heterocycles. The lowest BCUT2D eigenvalue weighted by atomic mass is 9.95. The summed E-state index contributed by atoms with van der Waals surface area (Å²) in [4.78, 5) is 30.9. The van der Waals surface area contributed by atoms with Crippen LogP contribution < -0.4 is 15.4 Å². The van der Waals surface area contributed by atoms with E-state index in [1.165, 1.54) is 56.6 Å². The third kappa shape index (κ3) is 6.08. The summed E-state index contributed by atoms with van der Waals surface area (Å²) in [5, 5.41) is 15.3. The maximum atomic E-state index is 13.6. The predicted octanol–water partition coefficient (Wildman–Crippen LogP) is 6.59. The fraction of sp³-hybridized carbons (Fsp3) is 0.312. The first-order valence-electron chi connectivity index (χ1n) is 13.8. The molecule has 2 aromatic carbocycles. The van der Waals surface area contributed by atoms with Crippen LogP contribution in [0, 0.1) is 23.1 Å². The van der Waals surface area contributed by atoms with E-state index in [0.29, 0.717) is 11.1 Å². The van der Waals surface area contributed by atoms with Gasteiger partial charge in [0.25, 0.3) is 11.8 Å². The summed E-state index contributed by atoms with van der Waals surface area (Å²) < 4.78 is 65.0. The van der Waals surface area contributed by atoms with Crippen LogP contribution in [-0.2, 0) is 6.42 Å². The highest BCUT2D eigenvalue weighted by atomic mass is 19.4. The van der Waals surface area contributed by atoms with Gasteiger partial charge >= 0.3 is 6.18 Å². The van der Waals surface area contributed by atoms with Gasteiger partial charge in [-0.05, 0) is 80.1 Å². The lowest BCUT2D eigenvalue weighted by molar-refractivity contribution is -0.134. The molecule has 0 spiro atoms. The third-order valence-electron chi connectivity index (χ3n) is 7.72. The largest absolute Gasteiger partial charge is 0.496 e. The van der Waals surface area contributed by atoms with E-state index >= 15 is 0 Å². The van der Waals surface area contributed by atoms with Gasteiger partial charge in [0.05, 0.1) is 35.4 Å². The van der Waals surface area contributed by atoms with E-state index in [1.54, 1.807) is 13.0 Å². The van der Waals surface area contributed by atoms with Crippen molar-refractivity contribution in [2.45, 2.75) is 44.3 Å². The number of rotatable bonds is 9. The molecule has 0 bridgehead atoms. The number of hydrogen-bond acceptors (Lipinski definition) is 6. The fourth-order valence-electron chi connectivity index (χ4n) is 5.15. The molecule has 228 valence electrons. The number of benzene rings is 2. The minimum atomic E-state index is -4.49. The Morgan fingerprint density at radius 1 is 1.09 bits per heavy atom. The monoisotopic (exact) mass is 608 g/mol. The van der Waals surface area contributed by atoms with Crippen LogP contribution >= 0.6 is 0 Å². The summed E-state index contributed by atoms with van der Waals surface area (Å²) in [6, 6.07) is 13.4. The SMILES string of the molecule is CNC(=O)c1c(-c2ccc(F)cc2)oc2nc(CCC(F)(F)F)c(-c3ccc(OC)c(C(=O)NC(C)(C#N)C4CC4)c3)cc12. The standard InChI is InChI=1S/C32H28F4N4O4/c1-31(16-37,19-7-8-19)40-28(41)22-14-18(6-11-25(22)43-3)21-15-23-26(29(42)38-2)27(17-4-9-20(33)10-5-17)44-30(23)39-24(21)12-13-32(34,35)36/h4-6,9-11,14-15,19H,7-8,12-13H2,1-3H3,(H,38,42)(H,40,41). The molecule has 4 aromatic rings. The average Bonchev–Trinajstić information content (AvgIpc) is 3.80. The quantitative estimate of drug-likeness (QED) is 0.207. The van der Waals surface area contributed by atoms with Crippen molar-refractivity contribution in [3.05, 3.63) is 71.2 Å². The van der Waals surface area contributed by atoms with Crippen LogP contribution in [0.15, 0.2) is 52.9 Å². The maximum Gasteiger partial charge on any atom is 0.389 e. The Morgan fingerprint density at radius 2 is 1.77 bits per heavy atom. The molecule has 1 aliphatic rings. The Labute approximate surface area is 250 Å². The molecule has 2 heterocycles. The highest BCUT2D eigenvalue weighted by Crippen LogP contribution is 2.41. The minimum absolute atomic E-state index is 0.00531. The van der Waals surface area contributed by atoms with Crippen molar-refractivity contribution in [2.75, 3.05) is 14.2 Å². The average molecular weight is 609 g/mol. The number of carbonyl (C=O) groups is 2. The number of aromatic nitrogens is 1. The number of hydrogen-bond donors (Lipinski definition) is 2. The van der Waals surface area contributed by atoms with E-state index in [2.05, 4.69) is 21.7 Å². The molecule has 2 N–H and O–H groups in total. The van der Waals surface area contributed by atoms with Gasteiger partial charge in [-0.15, -0.1) is 0 Å². The minimum Gasteiger partial charge on any atom is -0.496 e. The van der Waals surface area contributed by atoms with Gasteiger partial charge in [0, 0.05) is 24.6 Å². The molecule has 8 nitrogen and oxygen atoms in total. The van der Waals surface area contributed by atoms with Crippen LogP contribution in [-0.4, -0.2) is 42.7 Å². The number of nitriles is 1. The van der Waals surface area contributed by atoms with Gasteiger partial charge in [-0.1, -0.05) is 6.07 Å². The normalized spacial score (nSPS) is 14.5. The summed E-state index contributed by atoms with van der Waals surface area (Å²) in [6.07, 6.45) is -4.59. The van der Waals surface area contributed by atoms with E-state index < -0.39 is 42.2 Å². The van der Waals surface area contributed by atoms with Crippen molar-refractivity contribution in [3.63, 3.8) is 0 Å². The number of nitrogens with zero attached hydrogens (tertiary/aromatic N) is 2. The van der Waals surface area contributed by atoms with Crippen LogP contribution in [0.2, 0.25) is 0 Å². The first-order valence-corrected chi connectivity index (χ1v) is 13.8. The van der Waals surface area contributed by atoms with Crippen molar-refractivity contribution in [2.24, 2.45) is 5.92 Å². The number of ether oxygens (including phenoxy) is 1. The lowest BCUT2D eigenvalue weighted by Crippen LogP contribution is -2.46. The summed E-state index contributed by atoms with van der Waals surface area (Å²) in [7, 11) is 2.78. The molecule has 1 fully saturated rings. The Balaban J connectivity index is 1.69. The number of nitrogens with one attached hydrogen (secondary N) is 2. The summed E-state index contributed by atoms with van der Waals surface area (Å²) in [5.74, 6) is -1.38. The Hall–Kier alpha value is -4.92. The number of alkyl halides is 3. The number of carbonyl (C=O) groups excluding carboxylic acids is 2. The molecule has 0 radical (unpaired) electrons. The molecule has 5 rings (SSSR count). The van der Waals surface area contributed by atoms with Crippen LogP contribution in [0.1, 0.15) is 52.6 Å². The number of pyridine rings is 1. The van der Waals surface area contributed by atoms with Gasteiger partial charge in [0.2, 0.25) is 5.71 Å². The first kappa shape index (κ1) is 30.5. The van der Waals surface area contributed by atoms with Gasteiger partial charge in [-0.25, -0.2) is 9.37 Å². The van der Waals surface area contributed by atoms with E-state index in [1.807, 2.05) is 0 Å². The molecule has 1 atom stereocenters. The van der Waals surface area contributed by atoms with Crippen molar-refractivity contribution in [3.8, 4) is 34.3 Å². The van der Waals surface area contributed by atoms with Gasteiger partial charge in [0.15, 0.2) is 0 Å². The van der Waals surface area contributed by atoms with Crippen LogP contribution in [0.4, 0.5) is 17.6 Å². The predicted molar refractivity (Wildman–Crippen MR) is 153 cm³/mol. The topological polar surface area (TPSA) is 117 Å². The highest BCUT2D eigenvalue weighted by molar-refractivity contribution is 6.11. The van der Waals surface area contributed by atoms with E-state index in [9.17, 15) is 32.4 Å². The number of fused-ring (bicyclic) bond motifs is 1. The second-order valence-corrected chi connectivity index (χ2v) is 10.8. The van der Waals surface area contributed by atoms with Crippen LogP contribution in [0.3, 0.4) is 0 Å². The molecule has 1 unspecified atom stereocenters. The Morgan fingerprint density at radius 3 is 2.36 bits per heavy atom. The second-order valence-electron chi connectivity index (χ2n) is 10.8. The van der Waals surface area contributed by atoms with E-state index in [-0.39, 0.29) is 50.9 Å². The first-order chi connectivity index (χ1) is 20.9. The molecule has 1 aliphatic carbocycles. The van der Waals surface area contributed by atoms with Crippen LogP contribution in [0.5, 0.6) is 5.75 Å². The van der Waals surface area contributed by atoms with Crippen molar-refractivity contribution >= 4 is 22.9 Å². The van der Waals surface area contributed by atoms with Gasteiger partial charge in [-0.2, -0.15) is 18.4 Å². The van der Waals surface area contributed by atoms with Crippen molar-refractivity contribution < 1.29 is 36.3 Å². The molecule has 1 saturated carbocycles. The van der Waals surface area contributed by atoms with Gasteiger partial charge in [0.1, 0.15) is 22.9 Å². The molecular formula is C32H28F4N4O4. The fourth-order valence-corrected chi connectivity index (χ4v) is 5.15. The molecule has 44 heavy (non-hydrogen) atoms.